The van der Waals surface area contributed by atoms with Gasteiger partial charge in [-0.2, -0.15) is 8.78 Å². The van der Waals surface area contributed by atoms with Crippen LogP contribution in [0, 0.1) is 0 Å². The van der Waals surface area contributed by atoms with Crippen LogP contribution < -0.4 is 10.1 Å². The highest BCUT2D eigenvalue weighted by Gasteiger charge is 2.32. The molecule has 3 nitrogen and oxygen atoms in total. The Hall–Kier alpha value is -1.30. The molecule has 1 aromatic carbocycles. The maximum absolute atomic E-state index is 12.4. The summed E-state index contributed by atoms with van der Waals surface area (Å²) in [5, 5.41) is 3.86. The molecule has 0 unspecified atom stereocenters. The van der Waals surface area contributed by atoms with Crippen molar-refractivity contribution in [2.24, 2.45) is 4.99 Å². The fourth-order valence-electron chi connectivity index (χ4n) is 2.04. The molecule has 0 radical (unpaired) electrons. The number of para-hydroxylation sites is 2. The summed E-state index contributed by atoms with van der Waals surface area (Å²) in [5.74, 6) is 1.05. The van der Waals surface area contributed by atoms with E-state index in [4.69, 9.17) is 4.99 Å². The SMILES string of the molecule is CCC1(CC)CSC(Nc2ccccc2OC(F)F)=N1. The Bertz CT molecular complexity index is 490. The first-order chi connectivity index (χ1) is 9.58. The third kappa shape index (κ3) is 3.42. The molecule has 0 aromatic heterocycles. The monoisotopic (exact) mass is 300 g/mol. The van der Waals surface area contributed by atoms with Crippen molar-refractivity contribution in [3.63, 3.8) is 0 Å². The van der Waals surface area contributed by atoms with Gasteiger partial charge in [0.25, 0.3) is 0 Å². The number of hydrogen-bond acceptors (Lipinski definition) is 4. The molecule has 110 valence electrons. The van der Waals surface area contributed by atoms with Gasteiger partial charge in [0.15, 0.2) is 5.17 Å². The van der Waals surface area contributed by atoms with Gasteiger partial charge < -0.3 is 10.1 Å². The van der Waals surface area contributed by atoms with Crippen molar-refractivity contribution in [2.75, 3.05) is 11.1 Å². The summed E-state index contributed by atoms with van der Waals surface area (Å²) >= 11 is 1.62. The van der Waals surface area contributed by atoms with Crippen molar-refractivity contribution >= 4 is 22.6 Å². The second kappa shape index (κ2) is 6.43. The van der Waals surface area contributed by atoms with Crippen LogP contribution in [0.3, 0.4) is 0 Å². The Labute approximate surface area is 121 Å². The molecule has 0 atom stereocenters. The molecule has 0 bridgehead atoms. The Morgan fingerprint density at radius 1 is 1.35 bits per heavy atom. The van der Waals surface area contributed by atoms with Crippen LogP contribution in [0.4, 0.5) is 14.5 Å². The predicted octanol–water partition coefficient (Wildman–Crippen LogP) is 4.36. The number of nitrogens with zero attached hydrogens (tertiary/aromatic N) is 1. The number of amidine groups is 1. The second-order valence-corrected chi connectivity index (χ2v) is 5.60. The molecule has 0 spiro atoms. The predicted molar refractivity (Wildman–Crippen MR) is 79.9 cm³/mol. The Balaban J connectivity index is 2.15. The lowest BCUT2D eigenvalue weighted by atomic mass is 9.97. The van der Waals surface area contributed by atoms with Crippen molar-refractivity contribution in [3.8, 4) is 5.75 Å². The van der Waals surface area contributed by atoms with Crippen LogP contribution in [0.15, 0.2) is 29.3 Å². The maximum atomic E-state index is 12.4. The largest absolute Gasteiger partial charge is 0.433 e. The lowest BCUT2D eigenvalue weighted by Crippen LogP contribution is -2.24. The number of alkyl halides is 2. The van der Waals surface area contributed by atoms with Gasteiger partial charge in [-0.1, -0.05) is 37.7 Å². The van der Waals surface area contributed by atoms with Gasteiger partial charge in [-0.3, -0.25) is 4.99 Å². The highest BCUT2D eigenvalue weighted by molar-refractivity contribution is 8.14. The number of benzene rings is 1. The summed E-state index contributed by atoms with van der Waals surface area (Å²) in [5.41, 5.74) is 0.480. The first-order valence-corrected chi connectivity index (χ1v) is 7.60. The fraction of sp³-hybridized carbons (Fsp3) is 0.500. The minimum Gasteiger partial charge on any atom is -0.433 e. The van der Waals surface area contributed by atoms with Crippen molar-refractivity contribution in [2.45, 2.75) is 38.8 Å². The summed E-state index contributed by atoms with van der Waals surface area (Å²) in [7, 11) is 0. The molecule has 1 aliphatic heterocycles. The number of ether oxygens (including phenoxy) is 1. The van der Waals surface area contributed by atoms with Gasteiger partial charge in [0.1, 0.15) is 5.75 Å². The number of rotatable bonds is 5. The molecule has 0 amide bonds. The molecule has 1 heterocycles. The summed E-state index contributed by atoms with van der Waals surface area (Å²) in [6.07, 6.45) is 1.94. The Kier molecular flexibility index (Phi) is 4.86. The highest BCUT2D eigenvalue weighted by atomic mass is 32.2. The van der Waals surface area contributed by atoms with Gasteiger partial charge in [0.05, 0.1) is 11.2 Å². The van der Waals surface area contributed by atoms with Crippen molar-refractivity contribution in [3.05, 3.63) is 24.3 Å². The fourth-order valence-corrected chi connectivity index (χ4v) is 3.36. The van der Waals surface area contributed by atoms with E-state index in [9.17, 15) is 8.78 Å². The zero-order valence-corrected chi connectivity index (χ0v) is 12.3. The van der Waals surface area contributed by atoms with E-state index in [2.05, 4.69) is 23.9 Å². The van der Waals surface area contributed by atoms with Gasteiger partial charge in [-0.25, -0.2) is 0 Å². The zero-order valence-electron chi connectivity index (χ0n) is 11.5. The van der Waals surface area contributed by atoms with Crippen LogP contribution in [0.1, 0.15) is 26.7 Å². The summed E-state index contributed by atoms with van der Waals surface area (Å²) in [6, 6.07) is 6.66. The molecule has 1 N–H and O–H groups in total. The Morgan fingerprint density at radius 2 is 2.05 bits per heavy atom. The van der Waals surface area contributed by atoms with Gasteiger partial charge >= 0.3 is 6.61 Å². The van der Waals surface area contributed by atoms with Crippen LogP contribution >= 0.6 is 11.8 Å². The number of aliphatic imine (C=N–C) groups is 1. The molecular weight excluding hydrogens is 282 g/mol. The number of thioether (sulfide) groups is 1. The van der Waals surface area contributed by atoms with Crippen LogP contribution in [0.5, 0.6) is 5.75 Å². The molecular formula is C14H18F2N2OS. The van der Waals surface area contributed by atoms with Crippen LogP contribution in [0.25, 0.3) is 0 Å². The molecule has 0 aliphatic carbocycles. The highest BCUT2D eigenvalue weighted by Crippen LogP contribution is 2.35. The van der Waals surface area contributed by atoms with E-state index in [1.165, 1.54) is 6.07 Å². The lowest BCUT2D eigenvalue weighted by molar-refractivity contribution is -0.0493. The molecule has 0 fully saturated rings. The quantitative estimate of drug-likeness (QED) is 0.877. The molecule has 0 saturated carbocycles. The van der Waals surface area contributed by atoms with E-state index < -0.39 is 6.61 Å². The minimum absolute atomic E-state index is 0.0362. The van der Waals surface area contributed by atoms with Gasteiger partial charge in [0, 0.05) is 5.75 Å². The van der Waals surface area contributed by atoms with E-state index in [1.54, 1.807) is 30.0 Å². The number of nitrogens with one attached hydrogen (secondary N) is 1. The van der Waals surface area contributed by atoms with Crippen molar-refractivity contribution in [1.82, 2.24) is 0 Å². The summed E-state index contributed by atoms with van der Waals surface area (Å²) in [6.45, 7) is 1.40. The number of anilines is 1. The maximum Gasteiger partial charge on any atom is 0.387 e. The average Bonchev–Trinajstić information content (AvgIpc) is 2.84. The minimum atomic E-state index is -2.83. The first kappa shape index (κ1) is 15.1. The Morgan fingerprint density at radius 3 is 2.65 bits per heavy atom. The normalized spacial score (nSPS) is 17.1. The zero-order chi connectivity index (χ0) is 14.6. The third-order valence-corrected chi connectivity index (χ3v) is 4.63. The summed E-state index contributed by atoms with van der Waals surface area (Å²) in [4.78, 5) is 4.70. The smallest absolute Gasteiger partial charge is 0.387 e. The number of halogens is 2. The van der Waals surface area contributed by atoms with E-state index in [-0.39, 0.29) is 11.3 Å². The average molecular weight is 300 g/mol. The van der Waals surface area contributed by atoms with Crippen LogP contribution in [-0.4, -0.2) is 23.1 Å². The van der Waals surface area contributed by atoms with E-state index in [1.807, 2.05) is 0 Å². The standard InChI is InChI=1S/C14H18F2N2OS/c1-3-14(4-2)9-20-13(18-14)17-10-7-5-6-8-11(10)19-12(15)16/h5-8,12H,3-4,9H2,1-2H3,(H,17,18). The topological polar surface area (TPSA) is 33.6 Å². The first-order valence-electron chi connectivity index (χ1n) is 6.62. The van der Waals surface area contributed by atoms with Crippen LogP contribution in [-0.2, 0) is 0 Å². The molecule has 6 heteroatoms. The van der Waals surface area contributed by atoms with Gasteiger partial charge in [-0.15, -0.1) is 0 Å². The lowest BCUT2D eigenvalue weighted by Gasteiger charge is -2.20. The summed E-state index contributed by atoms with van der Waals surface area (Å²) < 4.78 is 29.2. The van der Waals surface area contributed by atoms with E-state index in [0.29, 0.717) is 5.69 Å². The second-order valence-electron chi connectivity index (χ2n) is 4.64. The van der Waals surface area contributed by atoms with Crippen molar-refractivity contribution < 1.29 is 13.5 Å². The molecule has 20 heavy (non-hydrogen) atoms. The van der Waals surface area contributed by atoms with Crippen LogP contribution in [0.2, 0.25) is 0 Å². The molecule has 1 aromatic rings. The molecule has 0 saturated heterocycles. The molecule has 1 aliphatic rings. The third-order valence-electron chi connectivity index (χ3n) is 3.48. The van der Waals surface area contributed by atoms with Gasteiger partial charge in [-0.05, 0) is 25.0 Å². The van der Waals surface area contributed by atoms with Crippen molar-refractivity contribution in [1.29, 1.82) is 0 Å². The number of hydrogen-bond donors (Lipinski definition) is 1. The van der Waals surface area contributed by atoms with Gasteiger partial charge in [0.2, 0.25) is 0 Å². The molecule has 2 rings (SSSR count). The van der Waals surface area contributed by atoms with E-state index in [0.717, 1.165) is 23.8 Å². The van der Waals surface area contributed by atoms with E-state index >= 15 is 0 Å².